The maximum atomic E-state index is 15.3. The summed E-state index contributed by atoms with van der Waals surface area (Å²) in [6.45, 7) is 19.6. The zero-order valence-corrected chi connectivity index (χ0v) is 21.2. The van der Waals surface area contributed by atoms with Crippen molar-refractivity contribution in [1.29, 1.82) is 0 Å². The molecule has 4 aromatic rings. The van der Waals surface area contributed by atoms with Crippen LogP contribution in [0, 0.1) is 19.3 Å². The van der Waals surface area contributed by atoms with Gasteiger partial charge in [0.25, 0.3) is 5.69 Å². The average Bonchev–Trinajstić information content (AvgIpc) is 3.26. The molecule has 1 aliphatic rings. The fraction of sp³-hybridized carbons (Fsp3) is 0.333. The Morgan fingerprint density at radius 1 is 1.05 bits per heavy atom. The van der Waals surface area contributed by atoms with Crippen molar-refractivity contribution in [3.63, 3.8) is 0 Å². The lowest BCUT2D eigenvalue weighted by atomic mass is 10.2. The third-order valence-corrected chi connectivity index (χ3v) is 6.79. The number of likely N-dealkylation sites (N-methyl/N-ethyl adjacent to an activating group) is 1. The number of nitrogens with zero attached hydrogens (tertiary/aromatic N) is 7. The number of pyridine rings is 1. The van der Waals surface area contributed by atoms with Gasteiger partial charge in [-0.1, -0.05) is 6.92 Å². The molecule has 0 amide bonds. The number of piperazine rings is 1. The summed E-state index contributed by atoms with van der Waals surface area (Å²) in [5.74, 6) is 0.262. The van der Waals surface area contributed by atoms with Crippen LogP contribution in [0.3, 0.4) is 0 Å². The molecule has 1 saturated heterocycles. The molecule has 1 fully saturated rings. The number of hydrogen-bond donors (Lipinski definition) is 1. The highest BCUT2D eigenvalue weighted by Gasteiger charge is 2.20. The van der Waals surface area contributed by atoms with Crippen LogP contribution in [-0.2, 0) is 6.54 Å². The molecule has 0 bridgehead atoms. The van der Waals surface area contributed by atoms with Crippen LogP contribution in [0.4, 0.5) is 27.4 Å². The van der Waals surface area contributed by atoms with E-state index in [0.29, 0.717) is 11.2 Å². The fourth-order valence-electron chi connectivity index (χ4n) is 4.74. The summed E-state index contributed by atoms with van der Waals surface area (Å²) in [7, 11) is 0. The van der Waals surface area contributed by atoms with Gasteiger partial charge in [-0.15, -0.1) is 0 Å². The van der Waals surface area contributed by atoms with E-state index in [1.54, 1.807) is 12.1 Å². The van der Waals surface area contributed by atoms with Crippen LogP contribution in [0.5, 0.6) is 11.6 Å². The number of anilines is 3. The molecule has 1 aliphatic heterocycles. The molecule has 0 saturated carbocycles. The Kier molecular flexibility index (Phi) is 6.88. The summed E-state index contributed by atoms with van der Waals surface area (Å²) in [5, 5.41) is 3.55. The lowest BCUT2D eigenvalue weighted by Gasteiger charge is -2.35. The summed E-state index contributed by atoms with van der Waals surface area (Å²) in [6.07, 6.45) is 3.09. The molecule has 9 nitrogen and oxygen atoms in total. The van der Waals surface area contributed by atoms with Gasteiger partial charge in [0.1, 0.15) is 18.0 Å². The van der Waals surface area contributed by atoms with Crippen LogP contribution < -0.4 is 15.0 Å². The zero-order valence-electron chi connectivity index (χ0n) is 21.2. The largest absolute Gasteiger partial charge is 0.446 e. The van der Waals surface area contributed by atoms with E-state index in [-0.39, 0.29) is 23.1 Å². The molecule has 0 aliphatic carbocycles. The van der Waals surface area contributed by atoms with E-state index in [9.17, 15) is 0 Å². The summed E-state index contributed by atoms with van der Waals surface area (Å²) >= 11 is 0. The first-order valence-corrected chi connectivity index (χ1v) is 12.4. The quantitative estimate of drug-likeness (QED) is 0.335. The van der Waals surface area contributed by atoms with Crippen molar-refractivity contribution in [3.05, 3.63) is 65.8 Å². The molecule has 10 heteroatoms. The summed E-state index contributed by atoms with van der Waals surface area (Å²) in [5.41, 5.74) is 2.86. The van der Waals surface area contributed by atoms with Crippen molar-refractivity contribution >= 4 is 33.9 Å². The van der Waals surface area contributed by atoms with E-state index in [2.05, 4.69) is 41.8 Å². The lowest BCUT2D eigenvalue weighted by Crippen LogP contribution is -2.46. The van der Waals surface area contributed by atoms with Crippen LogP contribution in [0.25, 0.3) is 15.7 Å². The first-order valence-electron chi connectivity index (χ1n) is 12.4. The Balaban J connectivity index is 1.36. The number of aryl methyl sites for hydroxylation is 2. The van der Waals surface area contributed by atoms with E-state index >= 15 is 4.39 Å². The summed E-state index contributed by atoms with van der Waals surface area (Å²) in [4.78, 5) is 21.1. The highest BCUT2D eigenvalue weighted by Crippen LogP contribution is 2.38. The van der Waals surface area contributed by atoms with Gasteiger partial charge in [-0.3, -0.25) is 0 Å². The predicted molar refractivity (Wildman–Crippen MR) is 143 cm³/mol. The van der Waals surface area contributed by atoms with Crippen LogP contribution in [-0.4, -0.2) is 57.1 Å². The monoisotopic (exact) mass is 500 g/mol. The third kappa shape index (κ3) is 4.78. The number of hydrogen-bond acceptors (Lipinski definition) is 7. The van der Waals surface area contributed by atoms with Crippen LogP contribution in [0.15, 0.2) is 42.9 Å². The van der Waals surface area contributed by atoms with Gasteiger partial charge < -0.3 is 24.4 Å². The third-order valence-electron chi connectivity index (χ3n) is 6.79. The number of fused-ring (bicyclic) bond motifs is 1. The van der Waals surface area contributed by atoms with Gasteiger partial charge in [-0.05, 0) is 50.7 Å². The number of benzene rings is 1. The van der Waals surface area contributed by atoms with Crippen LogP contribution in [0.2, 0.25) is 0 Å². The molecule has 0 spiro atoms. The molecule has 0 radical (unpaired) electrons. The molecular weight excluding hydrogens is 471 g/mol. The molecule has 190 valence electrons. The van der Waals surface area contributed by atoms with E-state index in [0.717, 1.165) is 56.2 Å². The highest BCUT2D eigenvalue weighted by molar-refractivity contribution is 5.84. The van der Waals surface area contributed by atoms with Gasteiger partial charge in [0.05, 0.1) is 24.0 Å². The molecule has 1 N–H and O–H groups in total. The zero-order chi connectivity index (χ0) is 25.9. The number of aromatic nitrogens is 4. The maximum absolute atomic E-state index is 15.3. The molecule has 3 aromatic heterocycles. The number of ether oxygens (including phenoxy) is 1. The first kappa shape index (κ1) is 24.5. The minimum atomic E-state index is -0.492. The smallest absolute Gasteiger partial charge is 0.288 e. The van der Waals surface area contributed by atoms with E-state index in [1.807, 2.05) is 42.8 Å². The second-order valence-electron chi connectivity index (χ2n) is 8.88. The normalized spacial score (nSPS) is 14.1. The van der Waals surface area contributed by atoms with Crippen molar-refractivity contribution in [2.75, 3.05) is 42.9 Å². The number of halogens is 1. The Morgan fingerprint density at radius 3 is 2.54 bits per heavy atom. The molecule has 0 unspecified atom stereocenters. The van der Waals surface area contributed by atoms with E-state index in [1.165, 1.54) is 6.33 Å². The van der Waals surface area contributed by atoms with E-state index in [4.69, 9.17) is 11.3 Å². The van der Waals surface area contributed by atoms with Crippen molar-refractivity contribution in [2.24, 2.45) is 0 Å². The fourth-order valence-corrected chi connectivity index (χ4v) is 4.74. The minimum absolute atomic E-state index is 0.000881. The lowest BCUT2D eigenvalue weighted by molar-refractivity contribution is 0.271. The Bertz CT molecular complexity index is 1450. The summed E-state index contributed by atoms with van der Waals surface area (Å²) in [6, 6.07) is 9.03. The van der Waals surface area contributed by atoms with Crippen molar-refractivity contribution in [2.45, 2.75) is 27.3 Å². The number of nitrogens with one attached hydrogen (secondary N) is 1. The molecule has 4 heterocycles. The molecule has 1 aromatic carbocycles. The average molecular weight is 501 g/mol. The minimum Gasteiger partial charge on any atom is -0.446 e. The predicted octanol–water partition coefficient (Wildman–Crippen LogP) is 5.52. The topological polar surface area (TPSA) is 75.7 Å². The van der Waals surface area contributed by atoms with Gasteiger partial charge >= 0.3 is 0 Å². The summed E-state index contributed by atoms with van der Waals surface area (Å²) < 4.78 is 23.1. The van der Waals surface area contributed by atoms with Gasteiger partial charge in [-0.2, -0.15) is 0 Å². The second kappa shape index (κ2) is 10.4. The second-order valence-corrected chi connectivity index (χ2v) is 8.88. The van der Waals surface area contributed by atoms with Gasteiger partial charge in [0, 0.05) is 43.8 Å². The molecule has 0 atom stereocenters. The number of rotatable bonds is 7. The van der Waals surface area contributed by atoms with Gasteiger partial charge in [0.2, 0.25) is 5.88 Å². The van der Waals surface area contributed by atoms with Crippen molar-refractivity contribution in [1.82, 2.24) is 24.4 Å². The van der Waals surface area contributed by atoms with Crippen molar-refractivity contribution < 1.29 is 9.13 Å². The molecule has 5 rings (SSSR count). The van der Waals surface area contributed by atoms with Crippen LogP contribution >= 0.6 is 0 Å². The Labute approximate surface area is 215 Å². The Hall–Kier alpha value is -4.23. The van der Waals surface area contributed by atoms with E-state index < -0.39 is 5.82 Å². The van der Waals surface area contributed by atoms with Crippen molar-refractivity contribution in [3.8, 4) is 11.6 Å². The Morgan fingerprint density at radius 2 is 1.86 bits per heavy atom. The highest BCUT2D eigenvalue weighted by atomic mass is 19.1. The van der Waals surface area contributed by atoms with Crippen LogP contribution in [0.1, 0.15) is 19.5 Å². The molecule has 37 heavy (non-hydrogen) atoms. The SMILES string of the molecule is [C-]#[N+]c1c(Nc2ccc(N3CCN(CC)CC3)cn2)ncnc1Oc1ccc2c(cc(C)n2CC)c1F. The van der Waals surface area contributed by atoms with Gasteiger partial charge in [-0.25, -0.2) is 24.2 Å². The maximum Gasteiger partial charge on any atom is 0.288 e. The molecular formula is C27H29FN8O. The standard InChI is InChI=1S/C27H29FN8O/c1-5-34-11-13-35(14-12-34)19-7-10-23(30-16-19)33-26-25(29-4)27(32-17-31-26)37-22-9-8-21-20(24(22)28)15-18(3)36(21)6-2/h7-10,15-17H,5-6,11-14H2,1-3H3,(H,30,31,32,33). The van der Waals surface area contributed by atoms with Gasteiger partial charge in [0.15, 0.2) is 11.6 Å². The first-order chi connectivity index (χ1) is 18.0.